The van der Waals surface area contributed by atoms with Gasteiger partial charge < -0.3 is 10.1 Å². The molecule has 1 fully saturated rings. The number of fused-ring (bicyclic) bond motifs is 1. The van der Waals surface area contributed by atoms with E-state index in [1.807, 2.05) is 0 Å². The summed E-state index contributed by atoms with van der Waals surface area (Å²) in [6, 6.07) is 0.956. The van der Waals surface area contributed by atoms with Crippen molar-refractivity contribution in [3.63, 3.8) is 0 Å². The minimum absolute atomic E-state index is 0.163. The minimum atomic E-state index is -0.570. The third-order valence-corrected chi connectivity index (χ3v) is 3.39. The first kappa shape index (κ1) is 10.0. The van der Waals surface area contributed by atoms with Crippen molar-refractivity contribution in [2.45, 2.75) is 18.8 Å². The first-order valence-electron chi connectivity index (χ1n) is 5.61. The number of hydrogen-bond acceptors (Lipinski definition) is 2. The van der Waals surface area contributed by atoms with Crippen molar-refractivity contribution >= 4 is 0 Å². The molecule has 0 saturated carbocycles. The molecule has 0 amide bonds. The zero-order chi connectivity index (χ0) is 11.1. The highest BCUT2D eigenvalue weighted by Gasteiger charge is 2.29. The predicted octanol–water partition coefficient (Wildman–Crippen LogP) is 1.98. The Kier molecular flexibility index (Phi) is 2.32. The molecule has 3 rings (SSSR count). The molecule has 1 unspecified atom stereocenters. The lowest BCUT2D eigenvalue weighted by atomic mass is 9.91. The molecule has 2 aliphatic heterocycles. The lowest BCUT2D eigenvalue weighted by Crippen LogP contribution is -2.11. The van der Waals surface area contributed by atoms with Crippen LogP contribution in [0.4, 0.5) is 8.78 Å². The van der Waals surface area contributed by atoms with Crippen molar-refractivity contribution < 1.29 is 13.5 Å². The average Bonchev–Trinajstić information content (AvgIpc) is 2.86. The predicted molar refractivity (Wildman–Crippen MR) is 55.8 cm³/mol. The second-order valence-corrected chi connectivity index (χ2v) is 4.35. The Bertz CT molecular complexity index is 428. The van der Waals surface area contributed by atoms with Gasteiger partial charge in [0, 0.05) is 30.5 Å². The highest BCUT2D eigenvalue weighted by Crippen LogP contribution is 2.38. The SMILES string of the molecule is Fc1cc(F)c(C2CCNC2)c2c1OCC2. The van der Waals surface area contributed by atoms with E-state index in [9.17, 15) is 8.78 Å². The van der Waals surface area contributed by atoms with Crippen LogP contribution in [0.2, 0.25) is 0 Å². The fourth-order valence-electron chi connectivity index (χ4n) is 2.67. The van der Waals surface area contributed by atoms with E-state index < -0.39 is 11.6 Å². The van der Waals surface area contributed by atoms with Gasteiger partial charge in [-0.15, -0.1) is 0 Å². The highest BCUT2D eigenvalue weighted by molar-refractivity contribution is 5.46. The van der Waals surface area contributed by atoms with Gasteiger partial charge >= 0.3 is 0 Å². The quantitative estimate of drug-likeness (QED) is 0.789. The van der Waals surface area contributed by atoms with Gasteiger partial charge in [0.1, 0.15) is 5.82 Å². The first-order chi connectivity index (χ1) is 7.77. The van der Waals surface area contributed by atoms with Crippen LogP contribution >= 0.6 is 0 Å². The van der Waals surface area contributed by atoms with E-state index >= 15 is 0 Å². The van der Waals surface area contributed by atoms with Crippen molar-refractivity contribution in [2.24, 2.45) is 0 Å². The van der Waals surface area contributed by atoms with Gasteiger partial charge in [0.05, 0.1) is 6.61 Å². The lowest BCUT2D eigenvalue weighted by molar-refractivity contribution is 0.338. The number of halogens is 2. The molecule has 0 spiro atoms. The number of nitrogens with one attached hydrogen (secondary N) is 1. The summed E-state index contributed by atoms with van der Waals surface area (Å²) in [7, 11) is 0. The highest BCUT2D eigenvalue weighted by atomic mass is 19.1. The Balaban J connectivity index is 2.12. The summed E-state index contributed by atoms with van der Waals surface area (Å²) in [5.41, 5.74) is 1.41. The van der Waals surface area contributed by atoms with Crippen molar-refractivity contribution in [1.29, 1.82) is 0 Å². The zero-order valence-corrected chi connectivity index (χ0v) is 8.85. The second-order valence-electron chi connectivity index (χ2n) is 4.35. The maximum atomic E-state index is 13.8. The molecule has 0 radical (unpaired) electrons. The fraction of sp³-hybridized carbons (Fsp3) is 0.500. The van der Waals surface area contributed by atoms with Gasteiger partial charge in [0.25, 0.3) is 0 Å². The Hall–Kier alpha value is -1.16. The molecule has 2 heterocycles. The summed E-state index contributed by atoms with van der Waals surface area (Å²) in [6.45, 7) is 2.13. The molecule has 0 bridgehead atoms. The maximum absolute atomic E-state index is 13.8. The van der Waals surface area contributed by atoms with Crippen LogP contribution < -0.4 is 10.1 Å². The average molecular weight is 225 g/mol. The number of ether oxygens (including phenoxy) is 1. The van der Waals surface area contributed by atoms with Crippen LogP contribution in [-0.4, -0.2) is 19.7 Å². The van der Waals surface area contributed by atoms with Gasteiger partial charge in [-0.25, -0.2) is 8.78 Å². The van der Waals surface area contributed by atoms with Crippen molar-refractivity contribution in [2.75, 3.05) is 19.7 Å². The monoisotopic (exact) mass is 225 g/mol. The van der Waals surface area contributed by atoms with E-state index in [1.54, 1.807) is 0 Å². The van der Waals surface area contributed by atoms with Gasteiger partial charge in [-0.1, -0.05) is 0 Å². The van der Waals surface area contributed by atoms with Gasteiger partial charge in [-0.3, -0.25) is 0 Å². The summed E-state index contributed by atoms with van der Waals surface area (Å²) in [5, 5.41) is 3.20. The molecule has 86 valence electrons. The van der Waals surface area contributed by atoms with Crippen LogP contribution in [0.15, 0.2) is 6.07 Å². The molecule has 4 heteroatoms. The van der Waals surface area contributed by atoms with Gasteiger partial charge in [-0.05, 0) is 18.5 Å². The summed E-state index contributed by atoms with van der Waals surface area (Å²) in [6.07, 6.45) is 1.53. The summed E-state index contributed by atoms with van der Waals surface area (Å²) in [4.78, 5) is 0. The molecule has 16 heavy (non-hydrogen) atoms. The number of rotatable bonds is 1. The van der Waals surface area contributed by atoms with Crippen LogP contribution in [0.3, 0.4) is 0 Å². The number of hydrogen-bond donors (Lipinski definition) is 1. The fourth-order valence-corrected chi connectivity index (χ4v) is 2.67. The minimum Gasteiger partial charge on any atom is -0.490 e. The van der Waals surface area contributed by atoms with E-state index in [1.165, 1.54) is 0 Å². The Labute approximate surface area is 92.6 Å². The van der Waals surface area contributed by atoms with Crippen LogP contribution in [0, 0.1) is 11.6 Å². The van der Waals surface area contributed by atoms with Crippen LogP contribution in [0.1, 0.15) is 23.5 Å². The van der Waals surface area contributed by atoms with Gasteiger partial charge in [0.15, 0.2) is 11.6 Å². The largest absolute Gasteiger partial charge is 0.490 e. The Morgan fingerprint density at radius 2 is 2.19 bits per heavy atom. The third-order valence-electron chi connectivity index (χ3n) is 3.39. The molecule has 0 aromatic heterocycles. The van der Waals surface area contributed by atoms with Gasteiger partial charge in [-0.2, -0.15) is 0 Å². The lowest BCUT2D eigenvalue weighted by Gasteiger charge is -2.14. The molecule has 1 aromatic rings. The van der Waals surface area contributed by atoms with Crippen molar-refractivity contribution in [1.82, 2.24) is 5.32 Å². The Morgan fingerprint density at radius 1 is 1.31 bits per heavy atom. The second kappa shape index (κ2) is 3.70. The van der Waals surface area contributed by atoms with E-state index in [0.717, 1.165) is 31.1 Å². The summed E-state index contributed by atoms with van der Waals surface area (Å²) < 4.78 is 32.5. The first-order valence-corrected chi connectivity index (χ1v) is 5.61. The third kappa shape index (κ3) is 1.40. The smallest absolute Gasteiger partial charge is 0.168 e. The van der Waals surface area contributed by atoms with Crippen LogP contribution in [-0.2, 0) is 6.42 Å². The molecule has 2 aliphatic rings. The van der Waals surface area contributed by atoms with Crippen molar-refractivity contribution in [3.8, 4) is 5.75 Å². The maximum Gasteiger partial charge on any atom is 0.168 e. The molecular weight excluding hydrogens is 212 g/mol. The number of benzene rings is 1. The molecule has 1 aromatic carbocycles. The normalized spacial score (nSPS) is 23.2. The molecule has 1 N–H and O–H groups in total. The van der Waals surface area contributed by atoms with Crippen LogP contribution in [0.25, 0.3) is 0 Å². The van der Waals surface area contributed by atoms with E-state index in [4.69, 9.17) is 4.74 Å². The zero-order valence-electron chi connectivity index (χ0n) is 8.85. The van der Waals surface area contributed by atoms with Crippen molar-refractivity contribution in [3.05, 3.63) is 28.8 Å². The molecule has 1 atom stereocenters. The Morgan fingerprint density at radius 3 is 2.94 bits per heavy atom. The standard InChI is InChI=1S/C12H13F2NO/c13-9-5-10(14)12-8(2-4-16-12)11(9)7-1-3-15-6-7/h5,7,15H,1-4,6H2. The topological polar surface area (TPSA) is 21.3 Å². The molecule has 0 aliphatic carbocycles. The van der Waals surface area contributed by atoms with E-state index in [2.05, 4.69) is 5.32 Å². The van der Waals surface area contributed by atoms with Crippen LogP contribution in [0.5, 0.6) is 5.75 Å². The summed E-state index contributed by atoms with van der Waals surface area (Å²) >= 11 is 0. The molecule has 1 saturated heterocycles. The molecule has 2 nitrogen and oxygen atoms in total. The van der Waals surface area contributed by atoms with Gasteiger partial charge in [0.2, 0.25) is 0 Å². The summed E-state index contributed by atoms with van der Waals surface area (Å²) in [5.74, 6) is -0.561. The van der Waals surface area contributed by atoms with E-state index in [0.29, 0.717) is 18.6 Å². The molecular formula is C12H13F2NO. The van der Waals surface area contributed by atoms with E-state index in [-0.39, 0.29) is 11.7 Å².